The van der Waals surface area contributed by atoms with Gasteiger partial charge in [-0.25, -0.2) is 0 Å². The fourth-order valence-corrected chi connectivity index (χ4v) is 3.24. The number of amides is 2. The third kappa shape index (κ3) is 5.27. The molecule has 0 aliphatic carbocycles. The quantitative estimate of drug-likeness (QED) is 0.613. The van der Waals surface area contributed by atoms with Gasteiger partial charge in [0.2, 0.25) is 5.91 Å². The fourth-order valence-electron chi connectivity index (χ4n) is 3.03. The lowest BCUT2D eigenvalue weighted by atomic mass is 10.1. The van der Waals surface area contributed by atoms with Crippen molar-refractivity contribution in [3.63, 3.8) is 0 Å². The number of rotatable bonds is 4. The van der Waals surface area contributed by atoms with Crippen molar-refractivity contribution in [3.8, 4) is 0 Å². The summed E-state index contributed by atoms with van der Waals surface area (Å²) in [5.41, 5.74) is 3.23. The molecule has 144 valence electrons. The zero-order valence-corrected chi connectivity index (χ0v) is 16.6. The van der Waals surface area contributed by atoms with E-state index in [1.165, 1.54) is 6.08 Å². The van der Waals surface area contributed by atoms with Crippen molar-refractivity contribution in [2.24, 2.45) is 0 Å². The number of aryl methyl sites for hydroxylation is 1. The summed E-state index contributed by atoms with van der Waals surface area (Å²) in [6, 6.07) is 15.0. The highest BCUT2D eigenvalue weighted by atomic mass is 32.1. The summed E-state index contributed by atoms with van der Waals surface area (Å²) in [5, 5.41) is 5.74. The molecule has 5 nitrogen and oxygen atoms in total. The highest BCUT2D eigenvalue weighted by Gasteiger charge is 2.21. The predicted molar refractivity (Wildman–Crippen MR) is 116 cm³/mol. The minimum absolute atomic E-state index is 0.0195. The first-order valence-corrected chi connectivity index (χ1v) is 9.69. The van der Waals surface area contributed by atoms with Gasteiger partial charge in [0.25, 0.3) is 5.91 Å². The van der Waals surface area contributed by atoms with Gasteiger partial charge in [0, 0.05) is 19.2 Å². The number of nitrogens with one attached hydrogen (secondary N) is 2. The van der Waals surface area contributed by atoms with Gasteiger partial charge in [-0.15, -0.1) is 0 Å². The summed E-state index contributed by atoms with van der Waals surface area (Å²) in [4.78, 5) is 26.6. The third-order valence-electron chi connectivity index (χ3n) is 4.54. The number of carbonyl (C=O) groups is 2. The smallest absolute Gasteiger partial charge is 0.255 e. The van der Waals surface area contributed by atoms with Crippen LogP contribution in [0.5, 0.6) is 0 Å². The van der Waals surface area contributed by atoms with Crippen molar-refractivity contribution in [2.45, 2.75) is 19.8 Å². The van der Waals surface area contributed by atoms with Gasteiger partial charge >= 0.3 is 0 Å². The van der Waals surface area contributed by atoms with E-state index in [0.717, 1.165) is 37.1 Å². The van der Waals surface area contributed by atoms with Crippen LogP contribution in [0.4, 0.5) is 5.69 Å². The molecule has 1 aliphatic heterocycles. The summed E-state index contributed by atoms with van der Waals surface area (Å²) in [6.07, 6.45) is 5.22. The number of anilines is 1. The van der Waals surface area contributed by atoms with Crippen LogP contribution in [0.2, 0.25) is 0 Å². The largest absolute Gasteiger partial charge is 0.339 e. The second kappa shape index (κ2) is 9.28. The number of hydrogen-bond acceptors (Lipinski definition) is 3. The van der Waals surface area contributed by atoms with Crippen molar-refractivity contribution in [1.82, 2.24) is 10.2 Å². The fraction of sp³-hybridized carbons (Fsp3) is 0.227. The Kier molecular flexibility index (Phi) is 6.55. The van der Waals surface area contributed by atoms with Gasteiger partial charge in [0.05, 0.1) is 11.3 Å². The molecule has 2 aromatic carbocycles. The number of likely N-dealkylation sites (tertiary alicyclic amines) is 1. The maximum Gasteiger partial charge on any atom is 0.255 e. The average Bonchev–Trinajstić information content (AvgIpc) is 3.22. The molecule has 2 amide bonds. The van der Waals surface area contributed by atoms with Crippen LogP contribution in [0.25, 0.3) is 6.08 Å². The van der Waals surface area contributed by atoms with Gasteiger partial charge in [-0.1, -0.05) is 42.0 Å². The van der Waals surface area contributed by atoms with Crippen molar-refractivity contribution >= 4 is 40.9 Å². The molecule has 3 rings (SSSR count). The van der Waals surface area contributed by atoms with E-state index in [4.69, 9.17) is 12.2 Å². The Morgan fingerprint density at radius 2 is 1.71 bits per heavy atom. The molecule has 0 atom stereocenters. The van der Waals surface area contributed by atoms with Gasteiger partial charge in [-0.3, -0.25) is 14.9 Å². The lowest BCUT2D eigenvalue weighted by Gasteiger charge is -2.18. The standard InChI is InChI=1S/C22H23N3O2S/c1-16-8-10-17(11-9-16)12-13-20(26)24-22(28)23-19-7-3-2-6-18(19)21(27)25-14-4-5-15-25/h2-3,6-13H,4-5,14-15H2,1H3,(H2,23,24,26,28). The van der Waals surface area contributed by atoms with Gasteiger partial charge in [-0.2, -0.15) is 0 Å². The van der Waals surface area contributed by atoms with E-state index in [1.807, 2.05) is 48.2 Å². The van der Waals surface area contributed by atoms with Gasteiger partial charge in [0.15, 0.2) is 5.11 Å². The highest BCUT2D eigenvalue weighted by Crippen LogP contribution is 2.20. The van der Waals surface area contributed by atoms with Crippen molar-refractivity contribution in [3.05, 3.63) is 71.3 Å². The first-order valence-electron chi connectivity index (χ1n) is 9.28. The van der Waals surface area contributed by atoms with Crippen LogP contribution in [0.1, 0.15) is 34.3 Å². The molecule has 6 heteroatoms. The number of nitrogens with zero attached hydrogens (tertiary/aromatic N) is 1. The second-order valence-corrected chi connectivity index (χ2v) is 7.14. The zero-order chi connectivity index (χ0) is 19.9. The maximum absolute atomic E-state index is 12.7. The number of carbonyl (C=O) groups excluding carboxylic acids is 2. The Hall–Kier alpha value is -2.99. The lowest BCUT2D eigenvalue weighted by Crippen LogP contribution is -2.34. The van der Waals surface area contributed by atoms with Gasteiger partial charge in [0.1, 0.15) is 0 Å². The predicted octanol–water partition coefficient (Wildman–Crippen LogP) is 3.76. The summed E-state index contributed by atoms with van der Waals surface area (Å²) in [7, 11) is 0. The molecule has 1 aliphatic rings. The monoisotopic (exact) mass is 393 g/mol. The van der Waals surface area contributed by atoms with Crippen LogP contribution in [0.15, 0.2) is 54.6 Å². The van der Waals surface area contributed by atoms with E-state index in [9.17, 15) is 9.59 Å². The molecule has 0 unspecified atom stereocenters. The Morgan fingerprint density at radius 1 is 1.04 bits per heavy atom. The van der Waals surface area contributed by atoms with Gasteiger partial charge < -0.3 is 10.2 Å². The van der Waals surface area contributed by atoms with Crippen molar-refractivity contribution in [1.29, 1.82) is 0 Å². The van der Waals surface area contributed by atoms with E-state index in [2.05, 4.69) is 10.6 Å². The van der Waals surface area contributed by atoms with Crippen molar-refractivity contribution < 1.29 is 9.59 Å². The molecule has 0 bridgehead atoms. The molecule has 2 aromatic rings. The summed E-state index contributed by atoms with van der Waals surface area (Å²) in [6.45, 7) is 3.56. The Bertz CT molecular complexity index is 900. The molecule has 0 spiro atoms. The normalized spacial score (nSPS) is 13.5. The molecular weight excluding hydrogens is 370 g/mol. The number of hydrogen-bond donors (Lipinski definition) is 2. The molecule has 1 heterocycles. The first kappa shape index (κ1) is 19.8. The summed E-state index contributed by atoms with van der Waals surface area (Å²) >= 11 is 5.24. The SMILES string of the molecule is Cc1ccc(C=CC(=O)NC(=S)Nc2ccccc2C(=O)N2CCCC2)cc1. The summed E-state index contributed by atoms with van der Waals surface area (Å²) in [5.74, 6) is -0.351. The van der Waals surface area contributed by atoms with E-state index in [-0.39, 0.29) is 16.9 Å². The van der Waals surface area contributed by atoms with Gasteiger partial charge in [-0.05, 0) is 55.8 Å². The van der Waals surface area contributed by atoms with E-state index >= 15 is 0 Å². The molecular formula is C22H23N3O2S. The lowest BCUT2D eigenvalue weighted by molar-refractivity contribution is -0.115. The van der Waals surface area contributed by atoms with Crippen LogP contribution in [-0.2, 0) is 4.79 Å². The van der Waals surface area contributed by atoms with Crippen LogP contribution in [0, 0.1) is 6.92 Å². The molecule has 1 fully saturated rings. The van der Waals surface area contributed by atoms with Crippen LogP contribution < -0.4 is 10.6 Å². The van der Waals surface area contributed by atoms with E-state index in [1.54, 1.807) is 18.2 Å². The Balaban J connectivity index is 1.61. The highest BCUT2D eigenvalue weighted by molar-refractivity contribution is 7.80. The summed E-state index contributed by atoms with van der Waals surface area (Å²) < 4.78 is 0. The number of thiocarbonyl (C=S) groups is 1. The Morgan fingerprint density at radius 3 is 2.43 bits per heavy atom. The zero-order valence-electron chi connectivity index (χ0n) is 15.8. The maximum atomic E-state index is 12.7. The topological polar surface area (TPSA) is 61.4 Å². The number of benzene rings is 2. The number of para-hydroxylation sites is 1. The molecule has 0 aromatic heterocycles. The molecule has 2 N–H and O–H groups in total. The second-order valence-electron chi connectivity index (χ2n) is 6.73. The third-order valence-corrected chi connectivity index (χ3v) is 4.74. The van der Waals surface area contributed by atoms with E-state index < -0.39 is 0 Å². The molecule has 0 radical (unpaired) electrons. The average molecular weight is 394 g/mol. The van der Waals surface area contributed by atoms with Crippen LogP contribution in [-0.4, -0.2) is 34.9 Å². The minimum atomic E-state index is -0.332. The molecule has 0 saturated carbocycles. The first-order chi connectivity index (χ1) is 13.5. The minimum Gasteiger partial charge on any atom is -0.339 e. The molecule has 28 heavy (non-hydrogen) atoms. The van der Waals surface area contributed by atoms with Crippen LogP contribution in [0.3, 0.4) is 0 Å². The van der Waals surface area contributed by atoms with Crippen molar-refractivity contribution in [2.75, 3.05) is 18.4 Å². The Labute approximate surface area is 170 Å². The molecule has 1 saturated heterocycles. The van der Waals surface area contributed by atoms with Crippen LogP contribution >= 0.6 is 12.2 Å². The van der Waals surface area contributed by atoms with E-state index in [0.29, 0.717) is 11.3 Å².